The number of halogens is 5. The highest BCUT2D eigenvalue weighted by Gasteiger charge is 2.33. The monoisotopic (exact) mass is 316 g/mol. The van der Waals surface area contributed by atoms with Crippen molar-refractivity contribution >= 4 is 11.6 Å². The van der Waals surface area contributed by atoms with Crippen molar-refractivity contribution in [1.29, 1.82) is 0 Å². The number of carbonyl (C=O) groups is 1. The quantitative estimate of drug-likeness (QED) is 0.853. The Morgan fingerprint density at radius 2 is 1.82 bits per heavy atom. The van der Waals surface area contributed by atoms with Crippen molar-refractivity contribution in [3.8, 4) is 0 Å². The van der Waals surface area contributed by atoms with Gasteiger partial charge in [0, 0.05) is 6.07 Å². The summed E-state index contributed by atoms with van der Waals surface area (Å²) in [5.41, 5.74) is -1.72. The zero-order valence-electron chi connectivity index (χ0n) is 11.1. The summed E-state index contributed by atoms with van der Waals surface area (Å²) in [6, 6.07) is 4.13. The molecule has 0 aliphatic heterocycles. The normalized spacial score (nSPS) is 11.4. The second-order valence-corrected chi connectivity index (χ2v) is 4.41. The van der Waals surface area contributed by atoms with Crippen LogP contribution in [-0.4, -0.2) is 10.9 Å². The van der Waals surface area contributed by atoms with E-state index in [2.05, 4.69) is 10.3 Å². The predicted octanol–water partition coefficient (Wildman–Crippen LogP) is 3.94. The number of rotatable bonds is 2. The van der Waals surface area contributed by atoms with E-state index in [0.29, 0.717) is 12.1 Å². The summed E-state index contributed by atoms with van der Waals surface area (Å²) in [6.07, 6.45) is -4.62. The van der Waals surface area contributed by atoms with Crippen molar-refractivity contribution in [1.82, 2.24) is 4.98 Å². The van der Waals surface area contributed by atoms with Crippen LogP contribution in [0.3, 0.4) is 0 Å². The highest BCUT2D eigenvalue weighted by Crippen LogP contribution is 2.28. The van der Waals surface area contributed by atoms with Crippen LogP contribution in [-0.2, 0) is 6.18 Å². The number of anilines is 1. The first-order chi connectivity index (χ1) is 10.2. The zero-order chi connectivity index (χ0) is 16.5. The van der Waals surface area contributed by atoms with Crippen LogP contribution in [0.2, 0.25) is 0 Å². The zero-order valence-corrected chi connectivity index (χ0v) is 11.1. The Bertz CT molecular complexity index is 728. The summed E-state index contributed by atoms with van der Waals surface area (Å²) in [7, 11) is 0. The molecule has 0 radical (unpaired) electrons. The van der Waals surface area contributed by atoms with Gasteiger partial charge in [0.25, 0.3) is 5.91 Å². The lowest BCUT2D eigenvalue weighted by Gasteiger charge is -2.11. The van der Waals surface area contributed by atoms with Gasteiger partial charge in [-0.3, -0.25) is 4.79 Å². The molecule has 2 rings (SSSR count). The average molecular weight is 316 g/mol. The Labute approximate surface area is 121 Å². The van der Waals surface area contributed by atoms with Crippen LogP contribution in [0.15, 0.2) is 30.3 Å². The van der Waals surface area contributed by atoms with Gasteiger partial charge in [0.15, 0.2) is 0 Å². The van der Waals surface area contributed by atoms with E-state index in [0.717, 1.165) is 18.2 Å². The van der Waals surface area contributed by atoms with Gasteiger partial charge in [-0.1, -0.05) is 0 Å². The molecule has 2 aromatic rings. The molecule has 22 heavy (non-hydrogen) atoms. The molecule has 3 nitrogen and oxygen atoms in total. The number of benzene rings is 1. The number of nitrogens with zero attached hydrogens (tertiary/aromatic N) is 1. The SMILES string of the molecule is Cc1nc(C(F)(F)F)ccc1C(=O)Nc1ccc(F)cc1F. The van der Waals surface area contributed by atoms with E-state index in [1.807, 2.05) is 0 Å². The molecule has 1 aromatic heterocycles. The number of alkyl halides is 3. The fraction of sp³-hybridized carbons (Fsp3) is 0.143. The molecule has 1 heterocycles. The van der Waals surface area contributed by atoms with Crippen LogP contribution in [0.1, 0.15) is 21.7 Å². The number of pyridine rings is 1. The summed E-state index contributed by atoms with van der Waals surface area (Å²) in [4.78, 5) is 15.2. The molecular weight excluding hydrogens is 307 g/mol. The summed E-state index contributed by atoms with van der Waals surface area (Å²) in [5, 5.41) is 2.15. The number of hydrogen-bond acceptors (Lipinski definition) is 2. The van der Waals surface area contributed by atoms with Crippen LogP contribution >= 0.6 is 0 Å². The van der Waals surface area contributed by atoms with Gasteiger partial charge in [-0.25, -0.2) is 13.8 Å². The minimum atomic E-state index is -4.62. The Balaban J connectivity index is 2.26. The van der Waals surface area contributed by atoms with Gasteiger partial charge in [0.2, 0.25) is 0 Å². The molecule has 0 bridgehead atoms. The number of amides is 1. The Kier molecular flexibility index (Phi) is 4.11. The van der Waals surface area contributed by atoms with Crippen molar-refractivity contribution in [3.05, 3.63) is 58.9 Å². The summed E-state index contributed by atoms with van der Waals surface area (Å²) >= 11 is 0. The molecule has 0 fully saturated rings. The molecule has 0 atom stereocenters. The number of aromatic nitrogens is 1. The van der Waals surface area contributed by atoms with Gasteiger partial charge in [-0.15, -0.1) is 0 Å². The standard InChI is InChI=1S/C14H9F5N2O/c1-7-9(3-5-12(20-7)14(17,18)19)13(22)21-11-4-2-8(15)6-10(11)16/h2-6H,1H3,(H,21,22). The molecule has 0 aliphatic rings. The first-order valence-corrected chi connectivity index (χ1v) is 5.99. The summed E-state index contributed by atoms with van der Waals surface area (Å²) < 4.78 is 63.7. The third-order valence-corrected chi connectivity index (χ3v) is 2.80. The van der Waals surface area contributed by atoms with Crippen molar-refractivity contribution in [2.45, 2.75) is 13.1 Å². The van der Waals surface area contributed by atoms with Crippen molar-refractivity contribution in [2.24, 2.45) is 0 Å². The molecule has 0 spiro atoms. The minimum Gasteiger partial charge on any atom is -0.319 e. The van der Waals surface area contributed by atoms with Crippen molar-refractivity contribution in [3.63, 3.8) is 0 Å². The van der Waals surface area contributed by atoms with E-state index in [-0.39, 0.29) is 16.9 Å². The Morgan fingerprint density at radius 3 is 2.36 bits per heavy atom. The minimum absolute atomic E-state index is 0.142. The molecule has 8 heteroatoms. The van der Waals surface area contributed by atoms with Gasteiger partial charge in [-0.2, -0.15) is 13.2 Å². The Hall–Kier alpha value is -2.51. The molecule has 0 aliphatic carbocycles. The topological polar surface area (TPSA) is 42.0 Å². The Morgan fingerprint density at radius 1 is 1.14 bits per heavy atom. The first-order valence-electron chi connectivity index (χ1n) is 5.99. The molecule has 1 aromatic carbocycles. The van der Waals surface area contributed by atoms with E-state index < -0.39 is 29.4 Å². The first kappa shape index (κ1) is 15.9. The second kappa shape index (κ2) is 5.70. The number of hydrogen-bond donors (Lipinski definition) is 1. The van der Waals surface area contributed by atoms with Gasteiger partial charge >= 0.3 is 6.18 Å². The van der Waals surface area contributed by atoms with Crippen LogP contribution in [0.5, 0.6) is 0 Å². The maximum Gasteiger partial charge on any atom is 0.433 e. The average Bonchev–Trinajstić information content (AvgIpc) is 2.40. The number of aryl methyl sites for hydroxylation is 1. The molecule has 0 saturated heterocycles. The second-order valence-electron chi connectivity index (χ2n) is 4.41. The summed E-state index contributed by atoms with van der Waals surface area (Å²) in [6.45, 7) is 1.23. The lowest BCUT2D eigenvalue weighted by Crippen LogP contribution is -2.17. The van der Waals surface area contributed by atoms with E-state index in [9.17, 15) is 26.7 Å². The fourth-order valence-electron chi connectivity index (χ4n) is 1.74. The van der Waals surface area contributed by atoms with Gasteiger partial charge < -0.3 is 5.32 Å². The van der Waals surface area contributed by atoms with Crippen LogP contribution in [0, 0.1) is 18.6 Å². The highest BCUT2D eigenvalue weighted by molar-refractivity contribution is 6.05. The molecule has 0 unspecified atom stereocenters. The van der Waals surface area contributed by atoms with E-state index in [1.165, 1.54) is 6.92 Å². The third kappa shape index (κ3) is 3.38. The van der Waals surface area contributed by atoms with Crippen molar-refractivity contribution in [2.75, 3.05) is 5.32 Å². The lowest BCUT2D eigenvalue weighted by molar-refractivity contribution is -0.141. The largest absolute Gasteiger partial charge is 0.433 e. The molecule has 1 N–H and O–H groups in total. The smallest absolute Gasteiger partial charge is 0.319 e. The molecule has 1 amide bonds. The number of nitrogens with one attached hydrogen (secondary N) is 1. The highest BCUT2D eigenvalue weighted by atomic mass is 19.4. The molecule has 116 valence electrons. The third-order valence-electron chi connectivity index (χ3n) is 2.80. The van der Waals surface area contributed by atoms with E-state index in [1.54, 1.807) is 0 Å². The van der Waals surface area contributed by atoms with Gasteiger partial charge in [0.1, 0.15) is 17.3 Å². The summed E-state index contributed by atoms with van der Waals surface area (Å²) in [5.74, 6) is -2.65. The maximum atomic E-state index is 13.4. The van der Waals surface area contributed by atoms with Gasteiger partial charge in [-0.05, 0) is 31.2 Å². The lowest BCUT2D eigenvalue weighted by atomic mass is 10.1. The maximum absolute atomic E-state index is 13.4. The van der Waals surface area contributed by atoms with Crippen LogP contribution in [0.25, 0.3) is 0 Å². The van der Waals surface area contributed by atoms with Crippen LogP contribution in [0.4, 0.5) is 27.6 Å². The predicted molar refractivity (Wildman–Crippen MR) is 68.3 cm³/mol. The van der Waals surface area contributed by atoms with Crippen LogP contribution < -0.4 is 5.32 Å². The molecule has 0 saturated carbocycles. The van der Waals surface area contributed by atoms with Gasteiger partial charge in [0.05, 0.1) is 16.9 Å². The van der Waals surface area contributed by atoms with Crippen molar-refractivity contribution < 1.29 is 26.7 Å². The fourth-order valence-corrected chi connectivity index (χ4v) is 1.74. The van der Waals surface area contributed by atoms with E-state index in [4.69, 9.17) is 0 Å². The van der Waals surface area contributed by atoms with E-state index >= 15 is 0 Å². The molecular formula is C14H9F5N2O. The number of carbonyl (C=O) groups excluding carboxylic acids is 1.